The van der Waals surface area contributed by atoms with Crippen LogP contribution in [-0.2, 0) is 41.7 Å². The van der Waals surface area contributed by atoms with Crippen LogP contribution in [-0.4, -0.2) is 43.1 Å². The number of pyridine rings is 4. The molecule has 0 spiro atoms. The van der Waals surface area contributed by atoms with Gasteiger partial charge in [0.25, 0.3) is 12.9 Å². The fourth-order valence-electron chi connectivity index (χ4n) is 6.97. The van der Waals surface area contributed by atoms with Crippen molar-refractivity contribution in [2.45, 2.75) is 79.8 Å². The number of isothiocyanates is 1. The molecule has 0 saturated heterocycles. The van der Waals surface area contributed by atoms with Gasteiger partial charge in [-0.15, -0.1) is 34.0 Å². The number of carbonyl (C=O) groups is 2. The van der Waals surface area contributed by atoms with E-state index < -0.39 is 11.9 Å². The summed E-state index contributed by atoms with van der Waals surface area (Å²) in [5.74, 6) is 0.621. The molecule has 0 aliphatic carbocycles. The molecule has 69 heavy (non-hydrogen) atoms. The van der Waals surface area contributed by atoms with Gasteiger partial charge in [0, 0.05) is 77.3 Å². The summed E-state index contributed by atoms with van der Waals surface area (Å²) in [5, 5.41) is 15.2. The molecule has 0 saturated carbocycles. The first-order chi connectivity index (χ1) is 32.7. The summed E-state index contributed by atoms with van der Waals surface area (Å²) < 4.78 is 48.0. The number of aryl methyl sites for hydroxylation is 2. The Bertz CT molecular complexity index is 3050. The topological polar surface area (TPSA) is 153 Å². The van der Waals surface area contributed by atoms with Crippen molar-refractivity contribution in [1.82, 2.24) is 30.1 Å². The van der Waals surface area contributed by atoms with Gasteiger partial charge in [-0.25, -0.2) is 4.98 Å². The molecule has 8 rings (SSSR count). The van der Waals surface area contributed by atoms with E-state index in [1.54, 1.807) is 65.4 Å². The smallest absolute Gasteiger partial charge is 0.753 e. The second-order valence-electron chi connectivity index (χ2n) is 15.3. The molecule has 0 bridgehead atoms. The SMILES string of the molecule is CCCCCCc1ccc(-c2ccc(-c3cc(C(F)(F)F)n[n-]3)nc2)s1.Cc1sc(-c2sc(-c3ccnc(-c4cc(OC=O)cc(-c5cc(OC=O)ccn5)n4)c3)c(C)c2C)c(C)c1C.[N-]=C=S.[Ru+2]. The number of thiophene rings is 3. The average Bonchev–Trinajstić information content (AvgIpc) is 4.14. The Kier molecular flexibility index (Phi) is 19.6. The number of unbranched alkanes of at least 4 members (excludes halogenated alkanes) is 3. The number of carbonyl (C=O) groups excluding carboxylic acids is 2. The third-order valence-electron chi connectivity index (χ3n) is 10.9. The third kappa shape index (κ3) is 13.7. The molecule has 8 heterocycles. The minimum atomic E-state index is -4.49. The summed E-state index contributed by atoms with van der Waals surface area (Å²) in [6, 6.07) is 19.1. The van der Waals surface area contributed by atoms with Gasteiger partial charge in [-0.3, -0.25) is 24.5 Å². The minimum Gasteiger partial charge on any atom is -0.753 e. The van der Waals surface area contributed by atoms with E-state index in [4.69, 9.17) is 19.9 Å². The first-order valence-electron chi connectivity index (χ1n) is 21.2. The molecule has 8 aromatic rings. The molecule has 0 radical (unpaired) electrons. The van der Waals surface area contributed by atoms with Gasteiger partial charge in [0.2, 0.25) is 0 Å². The predicted molar refractivity (Wildman–Crippen MR) is 267 cm³/mol. The Balaban J connectivity index is 0.000000257. The Labute approximate surface area is 427 Å². The number of hydrogen-bond donors (Lipinski definition) is 0. The zero-order chi connectivity index (χ0) is 49.0. The van der Waals surface area contributed by atoms with Crippen LogP contribution in [0.25, 0.3) is 70.2 Å². The van der Waals surface area contributed by atoms with Crippen molar-refractivity contribution in [3.8, 4) is 76.3 Å². The molecule has 0 fully saturated rings. The van der Waals surface area contributed by atoms with Crippen LogP contribution in [0.1, 0.15) is 70.3 Å². The van der Waals surface area contributed by atoms with Crippen LogP contribution in [0, 0.1) is 34.6 Å². The summed E-state index contributed by atoms with van der Waals surface area (Å²) in [5.41, 5.74) is 8.74. The molecule has 0 N–H and O–H groups in total. The maximum Gasteiger partial charge on any atom is 2.00 e. The van der Waals surface area contributed by atoms with Crippen molar-refractivity contribution in [2.24, 2.45) is 0 Å². The van der Waals surface area contributed by atoms with E-state index in [0.29, 0.717) is 52.9 Å². The zero-order valence-electron chi connectivity index (χ0n) is 38.2. The first kappa shape index (κ1) is 54.0. The summed E-state index contributed by atoms with van der Waals surface area (Å²) >= 11 is 9.07. The summed E-state index contributed by atoms with van der Waals surface area (Å²) in [6.45, 7) is 13.8. The number of ether oxygens (including phenoxy) is 2. The maximum absolute atomic E-state index is 12.6. The Morgan fingerprint density at radius 1 is 0.696 bits per heavy atom. The van der Waals surface area contributed by atoms with Crippen LogP contribution >= 0.6 is 46.2 Å². The van der Waals surface area contributed by atoms with Crippen LogP contribution in [0.2, 0.25) is 0 Å². The molecule has 0 unspecified atom stereocenters. The molecule has 11 nitrogen and oxygen atoms in total. The van der Waals surface area contributed by atoms with Gasteiger partial charge in [-0.2, -0.15) is 18.3 Å². The molecule has 0 atom stereocenters. The zero-order valence-corrected chi connectivity index (χ0v) is 43.2. The number of hydrogen-bond acceptors (Lipinski definition) is 13. The quantitative estimate of drug-likeness (QED) is 0.0317. The Morgan fingerprint density at radius 3 is 1.93 bits per heavy atom. The van der Waals surface area contributed by atoms with Gasteiger partial charge in [0.15, 0.2) is 0 Å². The normalized spacial score (nSPS) is 10.7. The summed E-state index contributed by atoms with van der Waals surface area (Å²) in [7, 11) is 0. The largest absolute Gasteiger partial charge is 2.00 e. The molecular weight excluding hydrogens is 1050 g/mol. The number of nitrogens with zero attached hydrogens (tertiary/aromatic N) is 7. The number of rotatable bonds is 15. The van der Waals surface area contributed by atoms with E-state index in [-0.39, 0.29) is 25.2 Å². The number of alkyl halides is 3. The minimum absolute atomic E-state index is 0. The fourth-order valence-corrected chi connectivity index (χ4v) is 10.7. The van der Waals surface area contributed by atoms with Gasteiger partial charge in [-0.1, -0.05) is 44.1 Å². The van der Waals surface area contributed by atoms with Gasteiger partial charge >= 0.3 is 25.7 Å². The van der Waals surface area contributed by atoms with E-state index in [1.807, 2.05) is 29.5 Å². The van der Waals surface area contributed by atoms with Crippen molar-refractivity contribution in [3.63, 3.8) is 0 Å². The van der Waals surface area contributed by atoms with Crippen LogP contribution in [0.4, 0.5) is 13.2 Å². The van der Waals surface area contributed by atoms with Crippen molar-refractivity contribution in [2.75, 3.05) is 0 Å². The van der Waals surface area contributed by atoms with E-state index in [2.05, 4.69) is 91.0 Å². The number of aromatic nitrogens is 6. The maximum atomic E-state index is 12.6. The second-order valence-corrected chi connectivity index (χ2v) is 18.9. The molecule has 8 aromatic heterocycles. The molecule has 0 aromatic carbocycles. The molecule has 356 valence electrons. The molecular formula is C50H44F3N7O4RuS4. The standard InChI is InChI=1S/C30H25N3O4S2.C19H19F3N3S.CNS.Ru/c1-16-17(2)29(38-20(16)5)30-19(4)18(3)28(39-30)21-6-8-31-24(10-21)26-12-23(37-15-35)13-27(33-26)25-11-22(36-14-34)7-9-32-25;1-2-3-4-5-6-14-8-10-17(26-14)13-7-9-15(23-12-13)16-11-18(25-24-16)19(20,21)22;2-1-3;/h6-15H,1-5H3;7-12H,2-6H2,1H3;;/q;2*-1;+2. The van der Waals surface area contributed by atoms with Crippen LogP contribution in [0.5, 0.6) is 11.5 Å². The summed E-state index contributed by atoms with van der Waals surface area (Å²) in [6.07, 6.45) is 6.48. The predicted octanol–water partition coefficient (Wildman–Crippen LogP) is 13.9. The molecule has 0 aliphatic heterocycles. The average molecular weight is 1090 g/mol. The molecule has 0 aliphatic rings. The third-order valence-corrected chi connectivity index (χ3v) is 15.0. The van der Waals surface area contributed by atoms with Crippen LogP contribution < -0.4 is 14.6 Å². The van der Waals surface area contributed by atoms with Crippen molar-refractivity contribution < 1.29 is 51.7 Å². The van der Waals surface area contributed by atoms with Crippen molar-refractivity contribution in [3.05, 3.63) is 128 Å². The van der Waals surface area contributed by atoms with E-state index in [0.717, 1.165) is 28.5 Å². The number of halogens is 3. The molecule has 19 heteroatoms. The van der Waals surface area contributed by atoms with Gasteiger partial charge < -0.3 is 25.1 Å². The van der Waals surface area contributed by atoms with Gasteiger partial charge in [0.1, 0.15) is 17.2 Å². The van der Waals surface area contributed by atoms with E-state index >= 15 is 0 Å². The monoisotopic (exact) mass is 1090 g/mol. The molecule has 0 amide bonds. The van der Waals surface area contributed by atoms with E-state index in [9.17, 15) is 22.8 Å². The van der Waals surface area contributed by atoms with Crippen molar-refractivity contribution >= 4 is 64.3 Å². The Morgan fingerprint density at radius 2 is 1.32 bits per heavy atom. The van der Waals surface area contributed by atoms with Crippen molar-refractivity contribution in [1.29, 1.82) is 0 Å². The van der Waals surface area contributed by atoms with Crippen LogP contribution in [0.15, 0.2) is 85.3 Å². The van der Waals surface area contributed by atoms with E-state index in [1.165, 1.54) is 83.7 Å². The van der Waals surface area contributed by atoms with Crippen LogP contribution in [0.3, 0.4) is 0 Å². The summed E-state index contributed by atoms with van der Waals surface area (Å²) in [4.78, 5) is 47.5. The Hall–Kier alpha value is -5.94. The van der Waals surface area contributed by atoms with Gasteiger partial charge in [-0.05, 0) is 124 Å². The first-order valence-corrected chi connectivity index (χ1v) is 24.0. The number of thiocarbonyl (C=S) groups is 1. The van der Waals surface area contributed by atoms with Gasteiger partial charge in [0.05, 0.1) is 22.8 Å². The fraction of sp³-hybridized carbons (Fsp3) is 0.240. The second kappa shape index (κ2) is 25.1.